The molecule has 0 saturated heterocycles. The fourth-order valence-electron chi connectivity index (χ4n) is 2.63. The largest absolute Gasteiger partial charge is 0.311 e. The van der Waals surface area contributed by atoms with Crippen LogP contribution in [0.4, 0.5) is 5.82 Å². The van der Waals surface area contributed by atoms with E-state index < -0.39 is 0 Å². The van der Waals surface area contributed by atoms with E-state index in [0.717, 1.165) is 15.6 Å². The van der Waals surface area contributed by atoms with Gasteiger partial charge in [-0.15, -0.1) is 0 Å². The molecule has 0 fully saturated rings. The Morgan fingerprint density at radius 3 is 2.00 bits per heavy atom. The zero-order valence-corrected chi connectivity index (χ0v) is 14.6. The van der Waals surface area contributed by atoms with Gasteiger partial charge in [-0.1, -0.05) is 60.7 Å². The summed E-state index contributed by atoms with van der Waals surface area (Å²) in [5.41, 5.74) is 2.25. The predicted molar refractivity (Wildman–Crippen MR) is 99.9 cm³/mol. The first-order chi connectivity index (χ1) is 11.7. The van der Waals surface area contributed by atoms with Crippen LogP contribution in [0.5, 0.6) is 0 Å². The van der Waals surface area contributed by atoms with E-state index >= 15 is 0 Å². The van der Waals surface area contributed by atoms with Crippen molar-refractivity contribution >= 4 is 27.7 Å². The van der Waals surface area contributed by atoms with Crippen molar-refractivity contribution in [3.63, 3.8) is 0 Å². The van der Waals surface area contributed by atoms with Crippen LogP contribution in [0.3, 0.4) is 0 Å². The van der Waals surface area contributed by atoms with Crippen LogP contribution in [0.25, 0.3) is 0 Å². The first kappa shape index (κ1) is 16.4. The molecule has 0 spiro atoms. The molecule has 1 aromatic heterocycles. The van der Waals surface area contributed by atoms with Gasteiger partial charge < -0.3 is 5.32 Å². The lowest BCUT2D eigenvalue weighted by Crippen LogP contribution is -2.17. The number of benzene rings is 2. The lowest BCUT2D eigenvalue weighted by molar-refractivity contribution is -0.116. The van der Waals surface area contributed by atoms with E-state index in [4.69, 9.17) is 0 Å². The highest BCUT2D eigenvalue weighted by Gasteiger charge is 2.18. The maximum absolute atomic E-state index is 12.5. The number of rotatable bonds is 5. The second kappa shape index (κ2) is 7.88. The third kappa shape index (κ3) is 4.30. The predicted octanol–water partition coefficient (Wildman–Crippen LogP) is 5.00. The number of carbonyl (C=O) groups is 1. The average molecular weight is 381 g/mol. The summed E-state index contributed by atoms with van der Waals surface area (Å²) in [5.74, 6) is 0.522. The monoisotopic (exact) mass is 380 g/mol. The summed E-state index contributed by atoms with van der Waals surface area (Å²) in [6.45, 7) is 0. The SMILES string of the molecule is O=C(CC(c1ccccc1)c1ccccc1)Nc1ccc(Br)cn1. The lowest BCUT2D eigenvalue weighted by atomic mass is 9.88. The van der Waals surface area contributed by atoms with E-state index in [9.17, 15) is 4.79 Å². The normalized spacial score (nSPS) is 10.6. The van der Waals surface area contributed by atoms with Crippen molar-refractivity contribution < 1.29 is 4.79 Å². The Hall–Kier alpha value is -2.46. The number of hydrogen-bond donors (Lipinski definition) is 1. The van der Waals surface area contributed by atoms with Gasteiger partial charge >= 0.3 is 0 Å². The highest BCUT2D eigenvalue weighted by molar-refractivity contribution is 9.10. The van der Waals surface area contributed by atoms with Crippen LogP contribution in [0.1, 0.15) is 23.5 Å². The van der Waals surface area contributed by atoms with Crippen molar-refractivity contribution in [3.05, 3.63) is 94.6 Å². The first-order valence-electron chi connectivity index (χ1n) is 7.73. The Balaban J connectivity index is 1.79. The topological polar surface area (TPSA) is 42.0 Å². The molecule has 3 aromatic rings. The van der Waals surface area contributed by atoms with E-state index in [1.807, 2.05) is 42.5 Å². The van der Waals surface area contributed by atoms with Crippen molar-refractivity contribution in [2.45, 2.75) is 12.3 Å². The molecule has 1 amide bonds. The molecule has 0 atom stereocenters. The summed E-state index contributed by atoms with van der Waals surface area (Å²) in [6.07, 6.45) is 2.03. The molecule has 24 heavy (non-hydrogen) atoms. The van der Waals surface area contributed by atoms with Crippen molar-refractivity contribution in [2.75, 3.05) is 5.32 Å². The molecule has 0 unspecified atom stereocenters. The number of pyridine rings is 1. The summed E-state index contributed by atoms with van der Waals surface area (Å²) in [7, 11) is 0. The van der Waals surface area contributed by atoms with Gasteiger partial charge in [0.1, 0.15) is 5.82 Å². The molecule has 0 aliphatic rings. The van der Waals surface area contributed by atoms with Gasteiger partial charge in [0.2, 0.25) is 5.91 Å². The first-order valence-corrected chi connectivity index (χ1v) is 8.53. The van der Waals surface area contributed by atoms with Gasteiger partial charge in [-0.2, -0.15) is 0 Å². The van der Waals surface area contributed by atoms with Gasteiger partial charge in [0.05, 0.1) is 0 Å². The van der Waals surface area contributed by atoms with Crippen molar-refractivity contribution in [1.29, 1.82) is 0 Å². The molecule has 0 aliphatic heterocycles. The van der Waals surface area contributed by atoms with Crippen molar-refractivity contribution in [1.82, 2.24) is 4.98 Å². The number of anilines is 1. The van der Waals surface area contributed by atoms with Gasteiger partial charge in [-0.05, 0) is 39.2 Å². The Kier molecular flexibility index (Phi) is 5.39. The summed E-state index contributed by atoms with van der Waals surface area (Å²) in [4.78, 5) is 16.7. The molecule has 1 N–H and O–H groups in total. The van der Waals surface area contributed by atoms with E-state index in [1.54, 1.807) is 12.3 Å². The molecule has 120 valence electrons. The van der Waals surface area contributed by atoms with Crippen LogP contribution in [0.2, 0.25) is 0 Å². The number of nitrogens with one attached hydrogen (secondary N) is 1. The van der Waals surface area contributed by atoms with Gasteiger partial charge in [-0.25, -0.2) is 4.98 Å². The number of carbonyl (C=O) groups excluding carboxylic acids is 1. The fourth-order valence-corrected chi connectivity index (χ4v) is 2.86. The lowest BCUT2D eigenvalue weighted by Gasteiger charge is -2.17. The van der Waals surface area contributed by atoms with Crippen LogP contribution in [-0.4, -0.2) is 10.9 Å². The van der Waals surface area contributed by atoms with E-state index in [2.05, 4.69) is 50.5 Å². The van der Waals surface area contributed by atoms with Crippen molar-refractivity contribution in [3.8, 4) is 0 Å². The quantitative estimate of drug-likeness (QED) is 0.676. The summed E-state index contributed by atoms with van der Waals surface area (Å²) in [5, 5.41) is 2.87. The molecule has 3 rings (SSSR count). The Morgan fingerprint density at radius 1 is 0.917 bits per heavy atom. The Labute approximate surface area is 149 Å². The molecule has 3 nitrogen and oxygen atoms in total. The molecule has 0 saturated carbocycles. The molecule has 1 heterocycles. The van der Waals surface area contributed by atoms with E-state index in [0.29, 0.717) is 12.2 Å². The highest BCUT2D eigenvalue weighted by atomic mass is 79.9. The molecule has 0 radical (unpaired) electrons. The molecule has 0 aliphatic carbocycles. The zero-order chi connectivity index (χ0) is 16.8. The van der Waals surface area contributed by atoms with E-state index in [1.165, 1.54) is 0 Å². The molecule has 4 heteroatoms. The minimum Gasteiger partial charge on any atom is -0.311 e. The third-order valence-electron chi connectivity index (χ3n) is 3.79. The third-order valence-corrected chi connectivity index (χ3v) is 4.26. The Morgan fingerprint density at radius 2 is 1.50 bits per heavy atom. The number of amides is 1. The standard InChI is InChI=1S/C20H17BrN2O/c21-17-11-12-19(22-14-17)23-20(24)13-18(15-7-3-1-4-8-15)16-9-5-2-6-10-16/h1-12,14,18H,13H2,(H,22,23,24). The highest BCUT2D eigenvalue weighted by Crippen LogP contribution is 2.28. The van der Waals surface area contributed by atoms with Gasteiger partial charge in [0.15, 0.2) is 0 Å². The smallest absolute Gasteiger partial charge is 0.226 e. The molecule has 0 bridgehead atoms. The summed E-state index contributed by atoms with van der Waals surface area (Å²) < 4.78 is 0.881. The van der Waals surface area contributed by atoms with Crippen LogP contribution in [0, 0.1) is 0 Å². The average Bonchev–Trinajstić information content (AvgIpc) is 2.63. The number of aromatic nitrogens is 1. The maximum Gasteiger partial charge on any atom is 0.226 e. The summed E-state index contributed by atoms with van der Waals surface area (Å²) >= 11 is 3.34. The van der Waals surface area contributed by atoms with Crippen LogP contribution in [0.15, 0.2) is 83.5 Å². The second-order valence-corrected chi connectivity index (χ2v) is 6.40. The van der Waals surface area contributed by atoms with Gasteiger partial charge in [0.25, 0.3) is 0 Å². The Bertz CT molecular complexity index is 749. The number of hydrogen-bond acceptors (Lipinski definition) is 2. The van der Waals surface area contributed by atoms with Crippen LogP contribution >= 0.6 is 15.9 Å². The van der Waals surface area contributed by atoms with Gasteiger partial charge in [-0.3, -0.25) is 4.79 Å². The second-order valence-electron chi connectivity index (χ2n) is 5.49. The molecule has 2 aromatic carbocycles. The van der Waals surface area contributed by atoms with Gasteiger partial charge in [0, 0.05) is 23.0 Å². The minimum atomic E-state index is -0.0532. The number of nitrogens with zero attached hydrogens (tertiary/aromatic N) is 1. The molecular weight excluding hydrogens is 364 g/mol. The van der Waals surface area contributed by atoms with Crippen LogP contribution < -0.4 is 5.32 Å². The molecular formula is C20H17BrN2O. The van der Waals surface area contributed by atoms with E-state index in [-0.39, 0.29) is 11.8 Å². The maximum atomic E-state index is 12.5. The fraction of sp³-hybridized carbons (Fsp3) is 0.100. The van der Waals surface area contributed by atoms with Crippen LogP contribution in [-0.2, 0) is 4.79 Å². The summed E-state index contributed by atoms with van der Waals surface area (Å²) in [6, 6.07) is 23.8. The zero-order valence-electron chi connectivity index (χ0n) is 13.0. The minimum absolute atomic E-state index is 0.0165. The van der Waals surface area contributed by atoms with Crippen molar-refractivity contribution in [2.24, 2.45) is 0 Å². The number of halogens is 1.